The van der Waals surface area contributed by atoms with Crippen molar-refractivity contribution in [3.8, 4) is 0 Å². The predicted octanol–water partition coefficient (Wildman–Crippen LogP) is 1.88. The summed E-state index contributed by atoms with van der Waals surface area (Å²) in [6.07, 6.45) is 3.99. The minimum Gasteiger partial charge on any atom is -0.384 e. The van der Waals surface area contributed by atoms with Crippen molar-refractivity contribution in [1.82, 2.24) is 19.5 Å². The second-order valence-corrected chi connectivity index (χ2v) is 6.35. The van der Waals surface area contributed by atoms with Crippen LogP contribution in [0.15, 0.2) is 4.52 Å². The van der Waals surface area contributed by atoms with E-state index in [9.17, 15) is 0 Å². The smallest absolute Gasteiger partial charge is 0.223 e. The summed E-state index contributed by atoms with van der Waals surface area (Å²) in [6.45, 7) is 4.51. The van der Waals surface area contributed by atoms with Gasteiger partial charge in [0.1, 0.15) is 5.82 Å². The third-order valence-electron chi connectivity index (χ3n) is 3.82. The van der Waals surface area contributed by atoms with Crippen molar-refractivity contribution in [2.24, 2.45) is 5.92 Å². The lowest BCUT2D eigenvalue weighted by molar-refractivity contribution is 0.201. The van der Waals surface area contributed by atoms with E-state index in [0.29, 0.717) is 18.4 Å². The molecule has 0 bridgehead atoms. The van der Waals surface area contributed by atoms with Gasteiger partial charge in [-0.1, -0.05) is 5.16 Å². The van der Waals surface area contributed by atoms with E-state index >= 15 is 0 Å². The maximum absolute atomic E-state index is 5.07. The second-order valence-electron chi connectivity index (χ2n) is 5.62. The lowest BCUT2D eigenvalue weighted by Gasteiger charge is -2.31. The lowest BCUT2D eigenvalue weighted by atomic mass is 9.95. The number of ether oxygens (including phenoxy) is 1. The molecule has 0 spiro atoms. The lowest BCUT2D eigenvalue weighted by Crippen LogP contribution is -2.36. The van der Waals surface area contributed by atoms with Gasteiger partial charge in [-0.3, -0.25) is 0 Å². The Hall–Kier alpha value is -1.54. The maximum Gasteiger partial charge on any atom is 0.223 e. The Labute approximate surface area is 133 Å². The molecule has 1 fully saturated rings. The molecule has 0 unspecified atom stereocenters. The molecule has 2 aromatic heterocycles. The number of nitrogens with zero attached hydrogens (tertiary/aromatic N) is 5. The topological polar surface area (TPSA) is 77.2 Å². The molecule has 0 N–H and O–H groups in total. The summed E-state index contributed by atoms with van der Waals surface area (Å²) in [5.74, 6) is 2.85. The van der Waals surface area contributed by atoms with Gasteiger partial charge in [0.15, 0.2) is 5.82 Å². The van der Waals surface area contributed by atoms with E-state index < -0.39 is 0 Å². The summed E-state index contributed by atoms with van der Waals surface area (Å²) in [6, 6.07) is 0. The predicted molar refractivity (Wildman–Crippen MR) is 83.2 cm³/mol. The highest BCUT2D eigenvalue weighted by Gasteiger charge is 2.24. The number of piperidine rings is 1. The molecule has 7 nitrogen and oxygen atoms in total. The first-order chi connectivity index (χ1) is 10.7. The van der Waals surface area contributed by atoms with Crippen LogP contribution in [0.25, 0.3) is 0 Å². The maximum atomic E-state index is 5.07. The fourth-order valence-electron chi connectivity index (χ4n) is 2.76. The van der Waals surface area contributed by atoms with Crippen molar-refractivity contribution in [1.29, 1.82) is 0 Å². The van der Waals surface area contributed by atoms with E-state index in [1.54, 1.807) is 7.11 Å². The number of hydrogen-bond donors (Lipinski definition) is 0. The van der Waals surface area contributed by atoms with E-state index in [4.69, 9.17) is 9.26 Å². The van der Waals surface area contributed by atoms with Crippen LogP contribution in [-0.2, 0) is 17.6 Å². The SMILES string of the molecule is COCCc1nsc(N2CCC[C@H](Cc3noc(C)n3)C2)n1. The quantitative estimate of drug-likeness (QED) is 0.803. The number of methoxy groups -OCH3 is 1. The van der Waals surface area contributed by atoms with Gasteiger partial charge in [-0.25, -0.2) is 4.98 Å². The molecule has 1 aliphatic rings. The minimum absolute atomic E-state index is 0.539. The summed E-state index contributed by atoms with van der Waals surface area (Å²) in [5, 5.41) is 5.02. The van der Waals surface area contributed by atoms with E-state index in [1.807, 2.05) is 6.92 Å². The van der Waals surface area contributed by atoms with Crippen LogP contribution in [0, 0.1) is 12.8 Å². The molecule has 8 heteroatoms. The average molecular weight is 323 g/mol. The standard InChI is InChI=1S/C14H21N5O2S/c1-10-15-13(17-21-10)8-11-4-3-6-19(9-11)14-16-12(18-22-14)5-7-20-2/h11H,3-9H2,1-2H3/t11-/m1/s1. The Kier molecular flexibility index (Phi) is 4.99. The largest absolute Gasteiger partial charge is 0.384 e. The van der Waals surface area contributed by atoms with Crippen molar-refractivity contribution in [3.63, 3.8) is 0 Å². The van der Waals surface area contributed by atoms with Crippen molar-refractivity contribution in [2.75, 3.05) is 31.7 Å². The summed E-state index contributed by atoms with van der Waals surface area (Å²) in [4.78, 5) is 11.3. The molecule has 3 rings (SSSR count). The molecule has 0 radical (unpaired) electrons. The Balaban J connectivity index is 1.59. The molecule has 0 saturated carbocycles. The van der Waals surface area contributed by atoms with Crippen LogP contribution >= 0.6 is 11.5 Å². The van der Waals surface area contributed by atoms with Gasteiger partial charge in [-0.2, -0.15) is 9.36 Å². The first kappa shape index (κ1) is 15.4. The van der Waals surface area contributed by atoms with Gasteiger partial charge in [0.05, 0.1) is 6.61 Å². The highest BCUT2D eigenvalue weighted by Crippen LogP contribution is 2.26. The number of hydrogen-bond acceptors (Lipinski definition) is 8. The zero-order chi connectivity index (χ0) is 15.4. The van der Waals surface area contributed by atoms with Gasteiger partial charge in [0.25, 0.3) is 0 Å². The molecule has 120 valence electrons. The third kappa shape index (κ3) is 3.80. The van der Waals surface area contributed by atoms with E-state index in [2.05, 4.69) is 24.4 Å². The number of aromatic nitrogens is 4. The molecule has 0 amide bonds. The average Bonchev–Trinajstić information content (AvgIpc) is 3.15. The molecule has 2 aromatic rings. The van der Waals surface area contributed by atoms with Crippen molar-refractivity contribution in [2.45, 2.75) is 32.6 Å². The minimum atomic E-state index is 0.539. The van der Waals surface area contributed by atoms with Crippen molar-refractivity contribution in [3.05, 3.63) is 17.5 Å². The molecule has 3 heterocycles. The zero-order valence-corrected chi connectivity index (χ0v) is 13.8. The van der Waals surface area contributed by atoms with Crippen LogP contribution in [0.2, 0.25) is 0 Å². The number of rotatable bonds is 6. The van der Waals surface area contributed by atoms with Gasteiger partial charge >= 0.3 is 0 Å². The summed E-state index contributed by atoms with van der Waals surface area (Å²) < 4.78 is 14.5. The van der Waals surface area contributed by atoms with Crippen molar-refractivity contribution < 1.29 is 9.26 Å². The summed E-state index contributed by atoms with van der Waals surface area (Å²) in [7, 11) is 1.70. The highest BCUT2D eigenvalue weighted by molar-refractivity contribution is 7.09. The normalized spacial score (nSPS) is 18.8. The third-order valence-corrected chi connectivity index (χ3v) is 4.63. The first-order valence-corrected chi connectivity index (χ1v) is 8.37. The van der Waals surface area contributed by atoms with E-state index in [-0.39, 0.29) is 0 Å². The monoisotopic (exact) mass is 323 g/mol. The molecule has 0 aliphatic carbocycles. The highest BCUT2D eigenvalue weighted by atomic mass is 32.1. The van der Waals surface area contributed by atoms with Crippen molar-refractivity contribution >= 4 is 16.7 Å². The Morgan fingerprint density at radius 1 is 1.36 bits per heavy atom. The van der Waals surface area contributed by atoms with Crippen LogP contribution in [0.3, 0.4) is 0 Å². The van der Waals surface area contributed by atoms with Crippen LogP contribution < -0.4 is 4.90 Å². The molecule has 1 aliphatic heterocycles. The number of anilines is 1. The molecule has 1 atom stereocenters. The fourth-order valence-corrected chi connectivity index (χ4v) is 3.50. The van der Waals surface area contributed by atoms with Crippen LogP contribution in [0.5, 0.6) is 0 Å². The van der Waals surface area contributed by atoms with E-state index in [0.717, 1.165) is 49.1 Å². The molecular weight excluding hydrogens is 302 g/mol. The van der Waals surface area contributed by atoms with Crippen LogP contribution in [0.1, 0.15) is 30.4 Å². The van der Waals surface area contributed by atoms with Gasteiger partial charge in [0.2, 0.25) is 11.0 Å². The first-order valence-electron chi connectivity index (χ1n) is 7.60. The van der Waals surface area contributed by atoms with Crippen LogP contribution in [0.4, 0.5) is 5.13 Å². The van der Waals surface area contributed by atoms with Crippen LogP contribution in [-0.4, -0.2) is 46.3 Å². The summed E-state index contributed by atoms with van der Waals surface area (Å²) in [5.41, 5.74) is 0. The van der Waals surface area contributed by atoms with Gasteiger partial charge in [-0.15, -0.1) is 0 Å². The Morgan fingerprint density at radius 2 is 2.27 bits per heavy atom. The summed E-state index contributed by atoms with van der Waals surface area (Å²) >= 11 is 1.48. The number of aryl methyl sites for hydroxylation is 1. The molecular formula is C14H21N5O2S. The fraction of sp³-hybridized carbons (Fsp3) is 0.714. The van der Waals surface area contributed by atoms with Gasteiger partial charge in [-0.05, 0) is 18.8 Å². The molecule has 1 saturated heterocycles. The van der Waals surface area contributed by atoms with Gasteiger partial charge in [0, 0.05) is 51.5 Å². The Morgan fingerprint density at radius 3 is 3.05 bits per heavy atom. The Bertz CT molecular complexity index is 600. The second kappa shape index (κ2) is 7.15. The zero-order valence-electron chi connectivity index (χ0n) is 13.0. The van der Waals surface area contributed by atoms with Gasteiger partial charge < -0.3 is 14.2 Å². The van der Waals surface area contributed by atoms with E-state index in [1.165, 1.54) is 18.0 Å². The molecule has 22 heavy (non-hydrogen) atoms. The molecule has 0 aromatic carbocycles.